The van der Waals surface area contributed by atoms with E-state index in [1.807, 2.05) is 42.5 Å². The Labute approximate surface area is 209 Å². The van der Waals surface area contributed by atoms with Crippen LogP contribution in [0, 0.1) is 35.5 Å². The van der Waals surface area contributed by atoms with Gasteiger partial charge in [0.05, 0.1) is 7.92 Å². The summed E-state index contributed by atoms with van der Waals surface area (Å²) in [6, 6.07) is 46.2. The summed E-state index contributed by atoms with van der Waals surface area (Å²) < 4.78 is 0. The third-order valence-corrected chi connectivity index (χ3v) is 7.11. The first-order valence-electron chi connectivity index (χ1n) is 10.5. The number of rotatable bonds is 6. The molecule has 0 bridgehead atoms. The molecule has 0 aromatic heterocycles. The van der Waals surface area contributed by atoms with E-state index in [9.17, 15) is 0 Å². The minimum absolute atomic E-state index is 0. The molecule has 0 amide bonds. The summed E-state index contributed by atoms with van der Waals surface area (Å²) in [5, 5.41) is 20.2. The van der Waals surface area contributed by atoms with Gasteiger partial charge in [-0.05, 0) is 36.4 Å². The van der Waals surface area contributed by atoms with Gasteiger partial charge in [-0.3, -0.25) is 12.8 Å². The maximum absolute atomic E-state index is 7.96. The van der Waals surface area contributed by atoms with Gasteiger partial charge in [0.25, 0.3) is 0 Å². The molecule has 2 nitrogen and oxygen atoms in total. The maximum atomic E-state index is 7.96. The van der Waals surface area contributed by atoms with Crippen LogP contribution in [-0.2, 0) is 16.8 Å². The van der Waals surface area contributed by atoms with Crippen molar-refractivity contribution >= 4 is 23.8 Å². The van der Waals surface area contributed by atoms with Crippen LogP contribution in [0.2, 0.25) is 0 Å². The molecule has 0 spiro atoms. The predicted octanol–water partition coefficient (Wildman–Crippen LogP) is 5.80. The summed E-state index contributed by atoms with van der Waals surface area (Å²) >= 11 is 0. The number of unbranched alkanes of at least 4 members (excludes halogenated alkanes) is 3. The number of nitrogens with zero attached hydrogens (tertiary/aromatic N) is 2. The van der Waals surface area contributed by atoms with Crippen molar-refractivity contribution in [2.24, 2.45) is 0 Å². The largest absolute Gasteiger partial charge is 0.293 e. The fraction of sp³-hybridized carbons (Fsp3) is 0.0690. The van der Waals surface area contributed by atoms with Gasteiger partial charge in [-0.25, -0.2) is 22.7 Å². The van der Waals surface area contributed by atoms with Gasteiger partial charge in [0, 0.05) is 16.8 Å². The molecule has 0 saturated carbocycles. The Morgan fingerprint density at radius 2 is 0.909 bits per heavy atom. The van der Waals surface area contributed by atoms with E-state index in [1.54, 1.807) is 0 Å². The standard InChI is InChI=1S/C18H15P.C6H6N2.C5H5.Co/c1-4-10-16(11-5-1)19(17-12-6-2-7-13-17)18-14-8-3-9-15-18;7-5-3-1-2-4-6-8;1-2-4-5-3-1;/h1-15H;3-4H,1-2H2;1-5H;/q;-2;-1;/p+1. The van der Waals surface area contributed by atoms with Gasteiger partial charge < -0.3 is 0 Å². The molecular formula is C29H27CoN2P-2. The first kappa shape index (κ1) is 27.7. The second-order valence-corrected chi connectivity index (χ2v) is 9.16. The molecule has 169 valence electrons. The Balaban J connectivity index is 0.000000323. The van der Waals surface area contributed by atoms with E-state index in [2.05, 4.69) is 91.0 Å². The Morgan fingerprint density at radius 1 is 0.576 bits per heavy atom. The number of benzene rings is 3. The molecule has 0 heterocycles. The third kappa shape index (κ3) is 11.2. The van der Waals surface area contributed by atoms with Gasteiger partial charge >= 0.3 is 0 Å². The molecule has 4 aromatic carbocycles. The molecule has 4 heteroatoms. The molecule has 1 radical (unpaired) electrons. The topological polar surface area (TPSA) is 47.6 Å². The van der Waals surface area contributed by atoms with E-state index in [-0.39, 0.29) is 16.8 Å². The summed E-state index contributed by atoms with van der Waals surface area (Å²) in [4.78, 5) is 0. The predicted molar refractivity (Wildman–Crippen MR) is 138 cm³/mol. The van der Waals surface area contributed by atoms with E-state index in [1.165, 1.54) is 28.8 Å². The molecule has 0 saturated heterocycles. The first-order valence-corrected chi connectivity index (χ1v) is 12.0. The Hall–Kier alpha value is -3.33. The zero-order valence-electron chi connectivity index (χ0n) is 18.3. The molecule has 0 aliphatic carbocycles. The monoisotopic (exact) mass is 493 g/mol. The molecule has 0 aliphatic rings. The number of hydrogen-bond donors (Lipinski definition) is 0. The maximum Gasteiger partial charge on any atom is 0.102 e. The van der Waals surface area contributed by atoms with Crippen LogP contribution in [0.3, 0.4) is 0 Å². The van der Waals surface area contributed by atoms with E-state index >= 15 is 0 Å². The summed E-state index contributed by atoms with van der Waals surface area (Å²) in [5.41, 5.74) is 0. The second-order valence-electron chi connectivity index (χ2n) is 6.68. The van der Waals surface area contributed by atoms with Crippen molar-refractivity contribution in [3.05, 3.63) is 134 Å². The molecule has 0 N–H and O–H groups in total. The van der Waals surface area contributed by atoms with Crippen molar-refractivity contribution in [3.8, 4) is 12.1 Å². The summed E-state index contributed by atoms with van der Waals surface area (Å²) in [7, 11) is -0.877. The number of nitriles is 2. The second kappa shape index (κ2) is 18.3. The summed E-state index contributed by atoms with van der Waals surface area (Å²) in [5.74, 6) is 0. The molecule has 0 aliphatic heterocycles. The quantitative estimate of drug-likeness (QED) is 0.194. The first-order chi connectivity index (χ1) is 15.9. The minimum atomic E-state index is -0.877. The molecule has 0 atom stereocenters. The number of hydrogen-bond acceptors (Lipinski definition) is 2. The Morgan fingerprint density at radius 3 is 1.15 bits per heavy atom. The average molecular weight is 493 g/mol. The van der Waals surface area contributed by atoms with E-state index in [4.69, 9.17) is 10.5 Å². The molecule has 0 fully saturated rings. The van der Waals surface area contributed by atoms with Crippen LogP contribution in [0.4, 0.5) is 0 Å². The fourth-order valence-electron chi connectivity index (χ4n) is 2.93. The van der Waals surface area contributed by atoms with Crippen LogP contribution in [-0.4, -0.2) is 0 Å². The van der Waals surface area contributed by atoms with Gasteiger partial charge in [-0.2, -0.15) is 31.0 Å². The normalized spacial score (nSPS) is 8.82. The molecule has 33 heavy (non-hydrogen) atoms. The molecule has 0 unspecified atom stereocenters. The van der Waals surface area contributed by atoms with Crippen LogP contribution in [0.1, 0.15) is 12.8 Å². The van der Waals surface area contributed by atoms with Crippen molar-refractivity contribution in [2.45, 2.75) is 12.8 Å². The summed E-state index contributed by atoms with van der Waals surface area (Å²) in [6.45, 7) is 0. The SMILES string of the molecule is N#C[CH-]CC[CH-]C#N.[Co].c1cc[cH-]c1.c1ccc([PH+](c2ccccc2)c2ccccc2)cc1. The van der Waals surface area contributed by atoms with Gasteiger partial charge in [-0.1, -0.05) is 54.6 Å². The Bertz CT molecular complexity index is 911. The summed E-state index contributed by atoms with van der Waals surface area (Å²) in [6.07, 6.45) is 4.33. The van der Waals surface area contributed by atoms with Crippen LogP contribution >= 0.6 is 7.92 Å². The fourth-order valence-corrected chi connectivity index (χ4v) is 5.51. The van der Waals surface area contributed by atoms with Crippen molar-refractivity contribution in [1.82, 2.24) is 0 Å². The van der Waals surface area contributed by atoms with Crippen molar-refractivity contribution < 1.29 is 16.8 Å². The Kier molecular flexibility index (Phi) is 15.3. The van der Waals surface area contributed by atoms with Crippen molar-refractivity contribution in [3.63, 3.8) is 0 Å². The van der Waals surface area contributed by atoms with Gasteiger partial charge in [-0.15, -0.1) is 12.1 Å². The smallest absolute Gasteiger partial charge is 0.102 e. The van der Waals surface area contributed by atoms with Crippen molar-refractivity contribution in [1.29, 1.82) is 10.5 Å². The van der Waals surface area contributed by atoms with Crippen LogP contribution in [0.5, 0.6) is 0 Å². The zero-order valence-corrected chi connectivity index (χ0v) is 20.4. The van der Waals surface area contributed by atoms with E-state index < -0.39 is 7.92 Å². The molecule has 4 rings (SSSR count). The van der Waals surface area contributed by atoms with Gasteiger partial charge in [0.15, 0.2) is 0 Å². The average Bonchev–Trinajstić information content (AvgIpc) is 3.45. The third-order valence-electron chi connectivity index (χ3n) is 4.38. The van der Waals surface area contributed by atoms with Gasteiger partial charge in [0.1, 0.15) is 15.9 Å². The van der Waals surface area contributed by atoms with Crippen LogP contribution < -0.4 is 15.9 Å². The molecular weight excluding hydrogens is 466 g/mol. The minimum Gasteiger partial charge on any atom is -0.293 e. The molecule has 4 aromatic rings. The van der Waals surface area contributed by atoms with E-state index in [0.717, 1.165) is 0 Å². The van der Waals surface area contributed by atoms with Crippen LogP contribution in [0.15, 0.2) is 121 Å². The van der Waals surface area contributed by atoms with E-state index in [0.29, 0.717) is 12.8 Å². The van der Waals surface area contributed by atoms with Crippen LogP contribution in [0.25, 0.3) is 0 Å². The van der Waals surface area contributed by atoms with Crippen molar-refractivity contribution in [2.75, 3.05) is 0 Å². The zero-order chi connectivity index (χ0) is 22.7. The van der Waals surface area contributed by atoms with Gasteiger partial charge in [0.2, 0.25) is 0 Å².